The van der Waals surface area contributed by atoms with Crippen LogP contribution in [0.4, 0.5) is 0 Å². The van der Waals surface area contributed by atoms with Crippen LogP contribution in [0.1, 0.15) is 34.1 Å². The Morgan fingerprint density at radius 2 is 1.62 bits per heavy atom. The second-order valence-corrected chi connectivity index (χ2v) is 5.38. The molecule has 4 nitrogen and oxygen atoms in total. The summed E-state index contributed by atoms with van der Waals surface area (Å²) in [5.41, 5.74) is 0. The van der Waals surface area contributed by atoms with Crippen LogP contribution in [0, 0.1) is 0 Å². The minimum atomic E-state index is -3.37. The van der Waals surface area contributed by atoms with Crippen molar-refractivity contribution in [3.05, 3.63) is 0 Å². The number of hydrogen-bond donors (Lipinski definition) is 1. The summed E-state index contributed by atoms with van der Waals surface area (Å²) >= 11 is 0. The van der Waals surface area contributed by atoms with Gasteiger partial charge >= 0.3 is 7.60 Å². The Morgan fingerprint density at radius 1 is 1.23 bits per heavy atom. The van der Waals surface area contributed by atoms with Crippen LogP contribution in [-0.2, 0) is 13.6 Å². The molecule has 1 N–H and O–H groups in total. The van der Waals surface area contributed by atoms with Crippen molar-refractivity contribution in [2.24, 2.45) is 0 Å². The topological polar surface area (TPSA) is 55.8 Å². The minimum Gasteiger partial charge on any atom is -0.378 e. The van der Waals surface area contributed by atoms with Gasteiger partial charge in [0.25, 0.3) is 0 Å². The standard InChI is InChI=1S/C8H19O4P/c1-5-8(4,9)13(10,11-6-2)12-7-3/h9H,5-7H2,1-4H3/t8-/m0/s1. The monoisotopic (exact) mass is 210 g/mol. The van der Waals surface area contributed by atoms with Crippen molar-refractivity contribution in [3.8, 4) is 0 Å². The fraction of sp³-hybridized carbons (Fsp3) is 1.00. The Hall–Kier alpha value is 0.110. The molecule has 0 rings (SSSR count). The van der Waals surface area contributed by atoms with Crippen LogP contribution >= 0.6 is 7.60 Å². The highest BCUT2D eigenvalue weighted by Crippen LogP contribution is 2.59. The molecule has 0 saturated heterocycles. The second-order valence-electron chi connectivity index (χ2n) is 2.90. The molecule has 0 aliphatic rings. The van der Waals surface area contributed by atoms with E-state index >= 15 is 0 Å². The van der Waals surface area contributed by atoms with Crippen LogP contribution in [-0.4, -0.2) is 23.7 Å². The summed E-state index contributed by atoms with van der Waals surface area (Å²) in [7, 11) is -3.37. The largest absolute Gasteiger partial charge is 0.378 e. The second kappa shape index (κ2) is 5.11. The molecule has 0 saturated carbocycles. The van der Waals surface area contributed by atoms with Gasteiger partial charge in [0.1, 0.15) is 0 Å². The summed E-state index contributed by atoms with van der Waals surface area (Å²) in [4.78, 5) is 0. The van der Waals surface area contributed by atoms with Gasteiger partial charge in [-0.2, -0.15) is 0 Å². The lowest BCUT2D eigenvalue weighted by Gasteiger charge is -2.30. The van der Waals surface area contributed by atoms with Crippen LogP contribution < -0.4 is 0 Å². The Labute approximate surface area is 79.8 Å². The average molecular weight is 210 g/mol. The molecule has 0 aromatic carbocycles. The highest BCUT2D eigenvalue weighted by molar-refractivity contribution is 7.55. The summed E-state index contributed by atoms with van der Waals surface area (Å²) in [6, 6.07) is 0. The quantitative estimate of drug-likeness (QED) is 0.684. The molecule has 0 aromatic heterocycles. The first-order valence-corrected chi connectivity index (χ1v) is 6.09. The summed E-state index contributed by atoms with van der Waals surface area (Å²) < 4.78 is 22.0. The maximum absolute atomic E-state index is 12.0. The van der Waals surface area contributed by atoms with Crippen molar-refractivity contribution in [2.75, 3.05) is 13.2 Å². The van der Waals surface area contributed by atoms with Crippen molar-refractivity contribution in [3.63, 3.8) is 0 Å². The van der Waals surface area contributed by atoms with Gasteiger partial charge in [0.05, 0.1) is 13.2 Å². The molecular weight excluding hydrogens is 191 g/mol. The lowest BCUT2D eigenvalue weighted by Crippen LogP contribution is -2.25. The van der Waals surface area contributed by atoms with Crippen LogP contribution in [0.5, 0.6) is 0 Å². The van der Waals surface area contributed by atoms with Gasteiger partial charge in [-0.25, -0.2) is 0 Å². The van der Waals surface area contributed by atoms with Crippen LogP contribution in [0.2, 0.25) is 0 Å². The van der Waals surface area contributed by atoms with Gasteiger partial charge in [0.2, 0.25) is 0 Å². The Kier molecular flexibility index (Phi) is 5.15. The van der Waals surface area contributed by atoms with Crippen LogP contribution in [0.3, 0.4) is 0 Å². The molecule has 13 heavy (non-hydrogen) atoms. The maximum Gasteiger partial charge on any atom is 0.361 e. The molecule has 0 unspecified atom stereocenters. The van der Waals surface area contributed by atoms with E-state index in [2.05, 4.69) is 0 Å². The molecule has 0 radical (unpaired) electrons. The lowest BCUT2D eigenvalue weighted by molar-refractivity contribution is 0.0786. The van der Waals surface area contributed by atoms with Crippen molar-refractivity contribution < 1.29 is 18.7 Å². The summed E-state index contributed by atoms with van der Waals surface area (Å²) in [6.45, 7) is 7.19. The van der Waals surface area contributed by atoms with Gasteiger partial charge in [-0.15, -0.1) is 0 Å². The molecule has 0 amide bonds. The van der Waals surface area contributed by atoms with Gasteiger partial charge < -0.3 is 14.2 Å². The first kappa shape index (κ1) is 13.1. The normalized spacial score (nSPS) is 17.0. The Bertz CT molecular complexity index is 181. The molecule has 0 aliphatic heterocycles. The summed E-state index contributed by atoms with van der Waals surface area (Å²) in [5.74, 6) is 0. The first-order valence-electron chi connectivity index (χ1n) is 4.55. The third-order valence-corrected chi connectivity index (χ3v) is 4.55. The Balaban J connectivity index is 4.67. The van der Waals surface area contributed by atoms with Crippen LogP contribution in [0.15, 0.2) is 0 Å². The third kappa shape index (κ3) is 3.06. The molecular formula is C8H19O4P. The van der Waals surface area contributed by atoms with E-state index in [-0.39, 0.29) is 13.2 Å². The first-order chi connectivity index (χ1) is 5.93. The molecule has 0 aliphatic carbocycles. The van der Waals surface area contributed by atoms with E-state index in [1.807, 2.05) is 0 Å². The molecule has 0 aromatic rings. The van der Waals surface area contributed by atoms with Gasteiger partial charge in [-0.1, -0.05) is 6.92 Å². The van der Waals surface area contributed by atoms with Crippen molar-refractivity contribution in [1.82, 2.24) is 0 Å². The van der Waals surface area contributed by atoms with E-state index in [1.165, 1.54) is 6.92 Å². The van der Waals surface area contributed by atoms with Gasteiger partial charge in [-0.05, 0) is 27.2 Å². The zero-order chi connectivity index (χ0) is 10.5. The van der Waals surface area contributed by atoms with Crippen LogP contribution in [0.25, 0.3) is 0 Å². The Morgan fingerprint density at radius 3 is 1.85 bits per heavy atom. The highest BCUT2D eigenvalue weighted by atomic mass is 31.2. The van der Waals surface area contributed by atoms with Crippen molar-refractivity contribution >= 4 is 7.60 Å². The van der Waals surface area contributed by atoms with E-state index in [0.29, 0.717) is 6.42 Å². The lowest BCUT2D eigenvalue weighted by atomic mass is 10.3. The molecule has 0 heterocycles. The SMILES string of the molecule is CCOP(=O)(OCC)[C@](C)(O)CC. The van der Waals surface area contributed by atoms with Gasteiger partial charge in [0, 0.05) is 0 Å². The summed E-state index contributed by atoms with van der Waals surface area (Å²) in [5, 5.41) is 8.40. The van der Waals surface area contributed by atoms with E-state index in [4.69, 9.17) is 9.05 Å². The van der Waals surface area contributed by atoms with Crippen molar-refractivity contribution in [2.45, 2.75) is 39.5 Å². The zero-order valence-corrected chi connectivity index (χ0v) is 9.63. The fourth-order valence-corrected chi connectivity index (χ4v) is 2.55. The molecule has 5 heteroatoms. The van der Waals surface area contributed by atoms with E-state index < -0.39 is 12.9 Å². The van der Waals surface area contributed by atoms with E-state index in [1.54, 1.807) is 20.8 Å². The fourth-order valence-electron chi connectivity index (χ4n) is 0.849. The third-order valence-electron chi connectivity index (χ3n) is 1.86. The molecule has 1 atom stereocenters. The highest BCUT2D eigenvalue weighted by Gasteiger charge is 2.44. The average Bonchev–Trinajstić information content (AvgIpc) is 2.05. The van der Waals surface area contributed by atoms with Crippen molar-refractivity contribution in [1.29, 1.82) is 0 Å². The smallest absolute Gasteiger partial charge is 0.361 e. The van der Waals surface area contributed by atoms with E-state index in [9.17, 15) is 9.67 Å². The minimum absolute atomic E-state index is 0.271. The zero-order valence-electron chi connectivity index (χ0n) is 8.74. The molecule has 80 valence electrons. The molecule has 0 fully saturated rings. The predicted molar refractivity (Wildman–Crippen MR) is 51.8 cm³/mol. The summed E-state index contributed by atoms with van der Waals surface area (Å²) in [6.07, 6.45) is 0.338. The predicted octanol–water partition coefficient (Wildman–Crippen LogP) is 2.37. The molecule has 0 spiro atoms. The molecule has 0 bridgehead atoms. The van der Waals surface area contributed by atoms with E-state index in [0.717, 1.165) is 0 Å². The van der Waals surface area contributed by atoms with Gasteiger partial charge in [-0.3, -0.25) is 4.57 Å². The number of rotatable bonds is 6. The van der Waals surface area contributed by atoms with Gasteiger partial charge in [0.15, 0.2) is 5.34 Å². The number of hydrogen-bond acceptors (Lipinski definition) is 4. The maximum atomic E-state index is 12.0. The number of aliphatic hydroxyl groups is 1.